The summed E-state index contributed by atoms with van der Waals surface area (Å²) in [4.78, 5) is 22.7. The Morgan fingerprint density at radius 1 is 1.29 bits per heavy atom. The van der Waals surface area contributed by atoms with Crippen LogP contribution in [0.1, 0.15) is 6.42 Å². The van der Waals surface area contributed by atoms with E-state index in [2.05, 4.69) is 4.74 Å². The van der Waals surface area contributed by atoms with E-state index in [4.69, 9.17) is 12.2 Å². The van der Waals surface area contributed by atoms with Crippen LogP contribution in [0.3, 0.4) is 0 Å². The highest BCUT2D eigenvalue weighted by Crippen LogP contribution is 2.23. The first-order valence-electron chi connectivity index (χ1n) is 4.07. The van der Waals surface area contributed by atoms with Gasteiger partial charge >= 0.3 is 11.9 Å². The Hall–Kier alpha value is -1.55. The fraction of sp³-hybridized carbons (Fsp3) is 0.100. The van der Waals surface area contributed by atoms with E-state index in [9.17, 15) is 9.59 Å². The van der Waals surface area contributed by atoms with Crippen LogP contribution in [0.15, 0.2) is 35.5 Å². The van der Waals surface area contributed by atoms with E-state index in [1.165, 1.54) is 6.08 Å². The van der Waals surface area contributed by atoms with Gasteiger partial charge in [0.15, 0.2) is 0 Å². The maximum atomic E-state index is 11.2. The highest BCUT2D eigenvalue weighted by atomic mass is 32.1. The first kappa shape index (κ1) is 9.02. The number of carbonyl (C=O) groups is 2. The highest BCUT2D eigenvalue weighted by Gasteiger charge is 2.28. The largest absolute Gasteiger partial charge is 0.386 e. The number of hydrogen-bond donors (Lipinski definition) is 0. The van der Waals surface area contributed by atoms with Crippen molar-refractivity contribution in [1.82, 2.24) is 0 Å². The Balaban J connectivity index is 2.40. The van der Waals surface area contributed by atoms with Crippen LogP contribution in [0.5, 0.6) is 0 Å². The summed E-state index contributed by atoms with van der Waals surface area (Å²) in [7, 11) is 0. The highest BCUT2D eigenvalue weighted by molar-refractivity contribution is 7.80. The minimum atomic E-state index is -0.622. The molecule has 4 heteroatoms. The SMILES string of the molecule is O=C1C=C(C2=CC=CCC2=S)C(=O)O1. The molecule has 0 bridgehead atoms. The van der Waals surface area contributed by atoms with Gasteiger partial charge in [0.05, 0.1) is 5.57 Å². The second-order valence-electron chi connectivity index (χ2n) is 2.90. The van der Waals surface area contributed by atoms with Crippen molar-refractivity contribution in [2.24, 2.45) is 0 Å². The fourth-order valence-electron chi connectivity index (χ4n) is 1.32. The van der Waals surface area contributed by atoms with Crippen molar-refractivity contribution in [3.8, 4) is 0 Å². The molecule has 0 N–H and O–H groups in total. The average Bonchev–Trinajstić information content (AvgIpc) is 2.46. The van der Waals surface area contributed by atoms with Gasteiger partial charge in [0.1, 0.15) is 0 Å². The van der Waals surface area contributed by atoms with Crippen LogP contribution in [-0.4, -0.2) is 16.8 Å². The standard InChI is InChI=1S/C10H6O3S/c11-9-5-7(10(12)13-9)6-3-1-2-4-8(6)14/h1-3,5H,4H2. The number of esters is 2. The molecule has 0 unspecified atom stereocenters. The zero-order valence-electron chi connectivity index (χ0n) is 7.15. The van der Waals surface area contributed by atoms with Gasteiger partial charge in [-0.3, -0.25) is 0 Å². The summed E-state index contributed by atoms with van der Waals surface area (Å²) in [6, 6.07) is 0. The zero-order valence-corrected chi connectivity index (χ0v) is 7.97. The van der Waals surface area contributed by atoms with Crippen LogP contribution in [0.4, 0.5) is 0 Å². The van der Waals surface area contributed by atoms with E-state index < -0.39 is 11.9 Å². The summed E-state index contributed by atoms with van der Waals surface area (Å²) in [5, 5.41) is 0. The predicted molar refractivity (Wildman–Crippen MR) is 53.6 cm³/mol. The van der Waals surface area contributed by atoms with Crippen molar-refractivity contribution in [2.45, 2.75) is 6.42 Å². The summed E-state index contributed by atoms with van der Waals surface area (Å²) >= 11 is 5.08. The number of rotatable bonds is 1. The Morgan fingerprint density at radius 3 is 2.64 bits per heavy atom. The molecule has 14 heavy (non-hydrogen) atoms. The van der Waals surface area contributed by atoms with Crippen LogP contribution < -0.4 is 0 Å². The summed E-state index contributed by atoms with van der Waals surface area (Å²) < 4.78 is 4.38. The molecule has 0 fully saturated rings. The van der Waals surface area contributed by atoms with Crippen molar-refractivity contribution in [1.29, 1.82) is 0 Å². The molecular formula is C10H6O3S. The van der Waals surface area contributed by atoms with Gasteiger partial charge in [0.25, 0.3) is 0 Å². The lowest BCUT2D eigenvalue weighted by atomic mass is 9.97. The number of ether oxygens (including phenoxy) is 1. The summed E-state index contributed by atoms with van der Waals surface area (Å²) in [6.45, 7) is 0. The molecule has 0 aromatic carbocycles. The molecular weight excluding hydrogens is 200 g/mol. The lowest BCUT2D eigenvalue weighted by Crippen LogP contribution is -2.10. The summed E-state index contributed by atoms with van der Waals surface area (Å²) in [6.07, 6.45) is 7.23. The van der Waals surface area contributed by atoms with Crippen LogP contribution in [0.25, 0.3) is 0 Å². The Morgan fingerprint density at radius 2 is 2.07 bits per heavy atom. The van der Waals surface area contributed by atoms with Crippen molar-refractivity contribution in [3.05, 3.63) is 35.5 Å². The summed E-state index contributed by atoms with van der Waals surface area (Å²) in [5.74, 6) is -1.23. The van der Waals surface area contributed by atoms with Crippen molar-refractivity contribution < 1.29 is 14.3 Å². The zero-order chi connectivity index (χ0) is 10.1. The topological polar surface area (TPSA) is 43.4 Å². The second-order valence-corrected chi connectivity index (χ2v) is 3.40. The molecule has 1 heterocycles. The molecule has 1 aliphatic heterocycles. The van der Waals surface area contributed by atoms with Crippen molar-refractivity contribution in [3.63, 3.8) is 0 Å². The molecule has 70 valence electrons. The van der Waals surface area contributed by atoms with Crippen molar-refractivity contribution in [2.75, 3.05) is 0 Å². The predicted octanol–water partition coefficient (Wildman–Crippen LogP) is 1.25. The molecule has 3 nitrogen and oxygen atoms in total. The normalized spacial score (nSPS) is 20.7. The van der Waals surface area contributed by atoms with E-state index >= 15 is 0 Å². The Labute approximate surface area is 85.7 Å². The number of hydrogen-bond acceptors (Lipinski definition) is 4. The van der Waals surface area contributed by atoms with E-state index in [0.717, 1.165) is 0 Å². The Kier molecular flexibility index (Phi) is 2.13. The monoisotopic (exact) mass is 206 g/mol. The first-order chi connectivity index (χ1) is 6.68. The van der Waals surface area contributed by atoms with Gasteiger partial charge in [-0.25, -0.2) is 9.59 Å². The van der Waals surface area contributed by atoms with Crippen LogP contribution in [0, 0.1) is 0 Å². The molecule has 1 aliphatic carbocycles. The maximum absolute atomic E-state index is 11.2. The van der Waals surface area contributed by atoms with Gasteiger partial charge in [-0.1, -0.05) is 30.4 Å². The maximum Gasteiger partial charge on any atom is 0.346 e. The molecule has 0 amide bonds. The first-order valence-corrected chi connectivity index (χ1v) is 4.47. The quantitative estimate of drug-likeness (QED) is 0.368. The van der Waals surface area contributed by atoms with Gasteiger partial charge in [-0.15, -0.1) is 0 Å². The third kappa shape index (κ3) is 1.44. The van der Waals surface area contributed by atoms with Gasteiger partial charge < -0.3 is 4.74 Å². The molecule has 0 saturated carbocycles. The second kappa shape index (κ2) is 3.31. The van der Waals surface area contributed by atoms with Crippen LogP contribution >= 0.6 is 12.2 Å². The summed E-state index contributed by atoms with van der Waals surface area (Å²) in [5.41, 5.74) is 0.891. The van der Waals surface area contributed by atoms with E-state index in [1.54, 1.807) is 6.08 Å². The minimum absolute atomic E-state index is 0.268. The van der Waals surface area contributed by atoms with E-state index in [1.807, 2.05) is 12.2 Å². The van der Waals surface area contributed by atoms with E-state index in [-0.39, 0.29) is 5.57 Å². The number of allylic oxidation sites excluding steroid dienone is 3. The Bertz CT molecular complexity index is 419. The van der Waals surface area contributed by atoms with Crippen LogP contribution in [-0.2, 0) is 14.3 Å². The molecule has 2 rings (SSSR count). The third-order valence-corrected chi connectivity index (χ3v) is 2.35. The van der Waals surface area contributed by atoms with Crippen molar-refractivity contribution >= 4 is 29.0 Å². The third-order valence-electron chi connectivity index (χ3n) is 1.97. The lowest BCUT2D eigenvalue weighted by molar-refractivity contribution is -0.150. The smallest absolute Gasteiger partial charge is 0.346 e. The van der Waals surface area contributed by atoms with Gasteiger partial charge in [-0.2, -0.15) is 0 Å². The van der Waals surface area contributed by atoms with Gasteiger partial charge in [0, 0.05) is 22.9 Å². The minimum Gasteiger partial charge on any atom is -0.386 e. The molecule has 0 aromatic heterocycles. The molecule has 0 saturated heterocycles. The number of cyclic esters (lactones) is 2. The molecule has 2 aliphatic rings. The molecule has 0 radical (unpaired) electrons. The molecule has 0 aromatic rings. The number of carbonyl (C=O) groups excluding carboxylic acids is 2. The van der Waals surface area contributed by atoms with Crippen LogP contribution in [0.2, 0.25) is 0 Å². The fourth-order valence-corrected chi connectivity index (χ4v) is 1.60. The lowest BCUT2D eigenvalue weighted by Gasteiger charge is -2.08. The van der Waals surface area contributed by atoms with E-state index in [0.29, 0.717) is 16.9 Å². The van der Waals surface area contributed by atoms with Gasteiger partial charge in [0.2, 0.25) is 0 Å². The number of thiocarbonyl (C=S) groups is 1. The van der Waals surface area contributed by atoms with Gasteiger partial charge in [-0.05, 0) is 0 Å². The molecule has 0 spiro atoms. The average molecular weight is 206 g/mol. The molecule has 0 atom stereocenters.